The molecule has 64 valence electrons. The van der Waals surface area contributed by atoms with E-state index in [4.69, 9.17) is 10.0 Å². The van der Waals surface area contributed by atoms with Gasteiger partial charge in [0.15, 0.2) is 0 Å². The van der Waals surface area contributed by atoms with Crippen LogP contribution in [0.5, 0.6) is 0 Å². The fourth-order valence-electron chi connectivity index (χ4n) is 0.853. The van der Waals surface area contributed by atoms with Crippen LogP contribution in [0, 0.1) is 37.7 Å². The van der Waals surface area contributed by atoms with E-state index in [0.717, 1.165) is 0 Å². The SMILES string of the molecule is O=Cc1ccccc1B(O)O.[Ar]. The fraction of sp³-hybridized carbons (Fsp3) is 0. The number of aldehydes is 1. The van der Waals surface area contributed by atoms with E-state index in [9.17, 15) is 4.79 Å². The van der Waals surface area contributed by atoms with Gasteiger partial charge in [-0.15, -0.1) is 0 Å². The summed E-state index contributed by atoms with van der Waals surface area (Å²) in [5, 5.41) is 17.5. The zero-order chi connectivity index (χ0) is 8.27. The molecule has 0 spiro atoms. The van der Waals surface area contributed by atoms with E-state index in [1.54, 1.807) is 12.1 Å². The molecule has 0 aromatic heterocycles. The summed E-state index contributed by atoms with van der Waals surface area (Å²) in [6.07, 6.45) is 0.592. The van der Waals surface area contributed by atoms with Crippen molar-refractivity contribution < 1.29 is 52.6 Å². The Labute approximate surface area is 101 Å². The molecule has 0 bridgehead atoms. The van der Waals surface area contributed by atoms with E-state index >= 15 is 0 Å². The van der Waals surface area contributed by atoms with E-state index in [1.807, 2.05) is 0 Å². The molecule has 0 saturated carbocycles. The summed E-state index contributed by atoms with van der Waals surface area (Å²) >= 11 is 0. The molecule has 12 heavy (non-hydrogen) atoms. The van der Waals surface area contributed by atoms with Crippen molar-refractivity contribution in [3.63, 3.8) is 0 Å². The van der Waals surface area contributed by atoms with E-state index in [-0.39, 0.29) is 43.2 Å². The Bertz CT molecular complexity index is 265. The maximum Gasteiger partial charge on any atom is 0.489 e. The molecule has 3 nitrogen and oxygen atoms in total. The third-order valence-corrected chi connectivity index (χ3v) is 1.40. The van der Waals surface area contributed by atoms with E-state index in [1.165, 1.54) is 12.1 Å². The minimum atomic E-state index is -1.57. The van der Waals surface area contributed by atoms with Gasteiger partial charge < -0.3 is 10.0 Å². The molecule has 0 atom stereocenters. The second kappa shape index (κ2) is 5.72. The number of carbonyl (C=O) groups excluding carboxylic acids is 1. The maximum absolute atomic E-state index is 10.3. The average Bonchev–Trinajstić information content (AvgIpc) is 2.04. The molecule has 0 heterocycles. The Balaban J connectivity index is 0.00000121. The first kappa shape index (κ1) is 12.1. The Kier molecular flexibility index (Phi) is 5.79. The van der Waals surface area contributed by atoms with Crippen molar-refractivity contribution in [3.05, 3.63) is 29.8 Å². The van der Waals surface area contributed by atoms with Crippen LogP contribution in [-0.2, 0) is 0 Å². The molecular formula is C7H7ArBO3. The quantitative estimate of drug-likeness (QED) is 0.473. The molecule has 1 aromatic carbocycles. The molecule has 0 saturated heterocycles. The van der Waals surface area contributed by atoms with E-state index in [0.29, 0.717) is 11.8 Å². The molecule has 0 aliphatic carbocycles. The van der Waals surface area contributed by atoms with Gasteiger partial charge in [-0.1, -0.05) is 24.3 Å². The predicted molar refractivity (Wildman–Crippen MR) is 41.7 cm³/mol. The summed E-state index contributed by atoms with van der Waals surface area (Å²) in [4.78, 5) is 10.3. The molecule has 0 amide bonds. The molecule has 1 rings (SSSR count). The summed E-state index contributed by atoms with van der Waals surface area (Å²) in [7, 11) is -1.57. The number of hydrogen-bond donors (Lipinski definition) is 2. The monoisotopic (exact) mass is 190 g/mol. The van der Waals surface area contributed by atoms with Gasteiger partial charge in [-0.2, -0.15) is 0 Å². The second-order valence-electron chi connectivity index (χ2n) is 2.12. The zero-order valence-electron chi connectivity index (χ0n) is 6.12. The van der Waals surface area contributed by atoms with Crippen molar-refractivity contribution in [1.82, 2.24) is 0 Å². The predicted octanol–water partition coefficient (Wildman–Crippen LogP) is -0.821. The molecule has 0 radical (unpaired) electrons. The van der Waals surface area contributed by atoms with Crippen LogP contribution < -0.4 is 5.46 Å². The Morgan fingerprint density at radius 2 is 1.83 bits per heavy atom. The largest absolute Gasteiger partial charge is 0.489 e. The van der Waals surface area contributed by atoms with Crippen molar-refractivity contribution in [2.75, 3.05) is 0 Å². The van der Waals surface area contributed by atoms with Crippen LogP contribution in [0.2, 0.25) is 0 Å². The molecule has 0 unspecified atom stereocenters. The minimum Gasteiger partial charge on any atom is -0.423 e. The van der Waals surface area contributed by atoms with E-state index in [2.05, 4.69) is 0 Å². The molecule has 0 aliphatic rings. The maximum atomic E-state index is 10.3. The fourth-order valence-corrected chi connectivity index (χ4v) is 0.853. The third kappa shape index (κ3) is 2.88. The number of hydrogen-bond acceptors (Lipinski definition) is 3. The number of benzene rings is 1. The minimum absolute atomic E-state index is 0. The summed E-state index contributed by atoms with van der Waals surface area (Å²) < 4.78 is 0. The number of carbonyl (C=O) groups is 1. The standard InChI is InChI=1S/C7H7BO3.Ar/c9-5-6-3-1-2-4-7(6)8(10)11;/h1-5,10-11H;. The first-order valence-electron chi connectivity index (χ1n) is 3.16. The van der Waals surface area contributed by atoms with Crippen molar-refractivity contribution in [2.45, 2.75) is 0 Å². The zero-order valence-corrected chi connectivity index (χ0v) is 6.83. The van der Waals surface area contributed by atoms with Crippen molar-refractivity contribution >= 4 is 18.9 Å². The smallest absolute Gasteiger partial charge is 0.423 e. The first-order valence-corrected chi connectivity index (χ1v) is 3.16. The summed E-state index contributed by atoms with van der Waals surface area (Å²) in [6, 6.07) is 6.33. The van der Waals surface area contributed by atoms with Crippen LogP contribution in [0.3, 0.4) is 0 Å². The molecule has 1 aromatic rings. The van der Waals surface area contributed by atoms with Gasteiger partial charge in [-0.05, 0) is 5.46 Å². The average molecular weight is 190 g/mol. The Morgan fingerprint density at radius 1 is 1.25 bits per heavy atom. The van der Waals surface area contributed by atoms with E-state index < -0.39 is 7.12 Å². The van der Waals surface area contributed by atoms with Crippen LogP contribution >= 0.6 is 0 Å². The molecule has 2 N–H and O–H groups in total. The van der Waals surface area contributed by atoms with Crippen molar-refractivity contribution in [3.8, 4) is 0 Å². The van der Waals surface area contributed by atoms with Gasteiger partial charge in [-0.3, -0.25) is 4.79 Å². The Hall–Kier alpha value is 0.135. The van der Waals surface area contributed by atoms with Gasteiger partial charge in [0.05, 0.1) is 0 Å². The molecule has 5 heteroatoms. The van der Waals surface area contributed by atoms with Gasteiger partial charge in [0.25, 0.3) is 0 Å². The van der Waals surface area contributed by atoms with Gasteiger partial charge in [0.1, 0.15) is 6.29 Å². The van der Waals surface area contributed by atoms with Gasteiger partial charge in [0.2, 0.25) is 0 Å². The second-order valence-corrected chi connectivity index (χ2v) is 2.12. The Morgan fingerprint density at radius 3 is 2.25 bits per heavy atom. The van der Waals surface area contributed by atoms with Gasteiger partial charge in [-0.25, -0.2) is 0 Å². The van der Waals surface area contributed by atoms with Crippen LogP contribution in [0.4, 0.5) is 0 Å². The molecule has 0 fully saturated rings. The van der Waals surface area contributed by atoms with Crippen LogP contribution in [0.15, 0.2) is 24.3 Å². The number of rotatable bonds is 2. The van der Waals surface area contributed by atoms with Crippen molar-refractivity contribution in [2.24, 2.45) is 0 Å². The molecular weight excluding hydrogens is 183 g/mol. The van der Waals surface area contributed by atoms with Gasteiger partial charge >= 0.3 is 7.12 Å². The summed E-state index contributed by atoms with van der Waals surface area (Å²) in [5.74, 6) is 0. The van der Waals surface area contributed by atoms with Crippen LogP contribution in [0.1, 0.15) is 10.4 Å². The van der Waals surface area contributed by atoms with Crippen molar-refractivity contribution in [1.29, 1.82) is 0 Å². The summed E-state index contributed by atoms with van der Waals surface area (Å²) in [5.41, 5.74) is 0.546. The topological polar surface area (TPSA) is 57.5 Å². The van der Waals surface area contributed by atoms with Gasteiger partial charge in [0, 0.05) is 43.3 Å². The van der Waals surface area contributed by atoms with Crippen LogP contribution in [0.25, 0.3) is 0 Å². The summed E-state index contributed by atoms with van der Waals surface area (Å²) in [6.45, 7) is 0. The molecule has 0 aliphatic heterocycles. The first-order chi connectivity index (χ1) is 5.25. The third-order valence-electron chi connectivity index (χ3n) is 1.40. The normalized spacial score (nSPS) is 8.50. The van der Waals surface area contributed by atoms with Crippen LogP contribution in [-0.4, -0.2) is 23.5 Å².